The Kier molecular flexibility index (Phi) is 6.40. The second-order valence-corrected chi connectivity index (χ2v) is 10.6. The molecule has 1 aliphatic rings. The van der Waals surface area contributed by atoms with Crippen molar-refractivity contribution in [2.45, 2.75) is 31.6 Å². The molecule has 170 valence electrons. The number of rotatable bonds is 6. The van der Waals surface area contributed by atoms with Crippen molar-refractivity contribution >= 4 is 27.3 Å². The van der Waals surface area contributed by atoms with E-state index in [-0.39, 0.29) is 47.4 Å². The summed E-state index contributed by atoms with van der Waals surface area (Å²) in [7, 11) is -3.73. The van der Waals surface area contributed by atoms with Gasteiger partial charge in [0.15, 0.2) is 0 Å². The standard InChI is InChI=1S/C21H22FN3O5S2/c1-3-29-21(26)15-8-10-25(11-9-15)32(27,28)18-12-17(31-13(18)2)20-23-19(24-30-20)14-4-6-16(22)7-5-14/h4-7,12,15H,3,8-11H2,1-2H3. The van der Waals surface area contributed by atoms with Crippen LogP contribution in [0.25, 0.3) is 22.2 Å². The zero-order valence-electron chi connectivity index (χ0n) is 17.6. The van der Waals surface area contributed by atoms with Gasteiger partial charge in [0.25, 0.3) is 5.89 Å². The lowest BCUT2D eigenvalue weighted by molar-refractivity contribution is -0.149. The van der Waals surface area contributed by atoms with E-state index in [0.29, 0.717) is 34.8 Å². The number of hydrogen-bond acceptors (Lipinski definition) is 8. The van der Waals surface area contributed by atoms with E-state index in [1.807, 2.05) is 0 Å². The van der Waals surface area contributed by atoms with Crippen molar-refractivity contribution in [2.75, 3.05) is 19.7 Å². The minimum Gasteiger partial charge on any atom is -0.466 e. The second kappa shape index (κ2) is 9.08. The second-order valence-electron chi connectivity index (χ2n) is 7.39. The van der Waals surface area contributed by atoms with Crippen LogP contribution in [0.2, 0.25) is 0 Å². The molecule has 0 N–H and O–H groups in total. The summed E-state index contributed by atoms with van der Waals surface area (Å²) in [6, 6.07) is 7.22. The zero-order valence-corrected chi connectivity index (χ0v) is 19.2. The van der Waals surface area contributed by atoms with Crippen molar-refractivity contribution in [2.24, 2.45) is 5.92 Å². The van der Waals surface area contributed by atoms with Crippen molar-refractivity contribution in [3.63, 3.8) is 0 Å². The Morgan fingerprint density at radius 1 is 1.28 bits per heavy atom. The minimum atomic E-state index is -3.73. The lowest BCUT2D eigenvalue weighted by Gasteiger charge is -2.30. The maximum Gasteiger partial charge on any atom is 0.309 e. The highest BCUT2D eigenvalue weighted by molar-refractivity contribution is 7.89. The predicted molar refractivity (Wildman–Crippen MR) is 116 cm³/mol. The number of halogens is 1. The average Bonchev–Trinajstić information content (AvgIpc) is 3.42. The summed E-state index contributed by atoms with van der Waals surface area (Å²) in [5.41, 5.74) is 0.590. The van der Waals surface area contributed by atoms with Crippen LogP contribution >= 0.6 is 11.3 Å². The number of sulfonamides is 1. The summed E-state index contributed by atoms with van der Waals surface area (Å²) in [6.45, 7) is 4.30. The van der Waals surface area contributed by atoms with Gasteiger partial charge < -0.3 is 9.26 Å². The van der Waals surface area contributed by atoms with Gasteiger partial charge in [-0.2, -0.15) is 9.29 Å². The van der Waals surface area contributed by atoms with Gasteiger partial charge in [-0.3, -0.25) is 4.79 Å². The minimum absolute atomic E-state index is 0.189. The number of thiophene rings is 1. The number of hydrogen-bond donors (Lipinski definition) is 0. The molecular formula is C21H22FN3O5S2. The van der Waals surface area contributed by atoms with Crippen LogP contribution < -0.4 is 0 Å². The summed E-state index contributed by atoms with van der Waals surface area (Å²) in [6.07, 6.45) is 0.859. The molecule has 8 nitrogen and oxygen atoms in total. The zero-order chi connectivity index (χ0) is 22.9. The van der Waals surface area contributed by atoms with Crippen molar-refractivity contribution in [3.05, 3.63) is 41.0 Å². The van der Waals surface area contributed by atoms with Crippen LogP contribution in [-0.4, -0.2) is 48.5 Å². The molecule has 2 aromatic heterocycles. The van der Waals surface area contributed by atoms with Gasteiger partial charge in [0.1, 0.15) is 5.82 Å². The number of benzene rings is 1. The van der Waals surface area contributed by atoms with E-state index >= 15 is 0 Å². The van der Waals surface area contributed by atoms with Crippen LogP contribution in [0.1, 0.15) is 24.6 Å². The van der Waals surface area contributed by atoms with E-state index in [0.717, 1.165) is 0 Å². The molecule has 1 fully saturated rings. The molecule has 1 saturated heterocycles. The maximum atomic E-state index is 13.2. The van der Waals surface area contributed by atoms with E-state index in [9.17, 15) is 17.6 Å². The molecule has 3 aromatic rings. The number of aryl methyl sites for hydroxylation is 1. The highest BCUT2D eigenvalue weighted by Gasteiger charge is 2.34. The quantitative estimate of drug-likeness (QED) is 0.495. The van der Waals surface area contributed by atoms with Crippen molar-refractivity contribution < 1.29 is 26.9 Å². The van der Waals surface area contributed by atoms with Gasteiger partial charge in [0.05, 0.1) is 22.3 Å². The van der Waals surface area contributed by atoms with Gasteiger partial charge in [-0.15, -0.1) is 11.3 Å². The number of carbonyl (C=O) groups excluding carboxylic acids is 1. The fraction of sp³-hybridized carbons (Fsp3) is 0.381. The Bertz CT molecular complexity index is 1210. The van der Waals surface area contributed by atoms with E-state index in [1.54, 1.807) is 26.0 Å². The number of carbonyl (C=O) groups is 1. The van der Waals surface area contributed by atoms with Crippen LogP contribution in [0.4, 0.5) is 4.39 Å². The molecule has 0 unspecified atom stereocenters. The van der Waals surface area contributed by atoms with Gasteiger partial charge in [0, 0.05) is 23.5 Å². The Hall–Kier alpha value is -2.63. The molecule has 0 spiro atoms. The smallest absolute Gasteiger partial charge is 0.309 e. The average molecular weight is 480 g/mol. The third-order valence-electron chi connectivity index (χ3n) is 5.30. The lowest BCUT2D eigenvalue weighted by atomic mass is 9.98. The molecule has 11 heteroatoms. The van der Waals surface area contributed by atoms with E-state index in [4.69, 9.17) is 9.26 Å². The molecule has 32 heavy (non-hydrogen) atoms. The number of ether oxygens (including phenoxy) is 1. The highest BCUT2D eigenvalue weighted by atomic mass is 32.2. The molecule has 0 aliphatic carbocycles. The fourth-order valence-corrected chi connectivity index (χ4v) is 6.55. The first-order valence-electron chi connectivity index (χ1n) is 10.2. The normalized spacial score (nSPS) is 15.7. The van der Waals surface area contributed by atoms with E-state index in [1.165, 1.54) is 33.8 Å². The maximum absolute atomic E-state index is 13.2. The number of esters is 1. The summed E-state index contributed by atoms with van der Waals surface area (Å²) in [5, 5.41) is 3.92. The summed E-state index contributed by atoms with van der Waals surface area (Å²) in [4.78, 5) is 17.6. The molecule has 0 bridgehead atoms. The summed E-state index contributed by atoms with van der Waals surface area (Å²) in [5.74, 6) is -0.431. The Balaban J connectivity index is 1.52. The van der Waals surface area contributed by atoms with Gasteiger partial charge in [-0.25, -0.2) is 12.8 Å². The molecular weight excluding hydrogens is 457 g/mol. The first-order chi connectivity index (χ1) is 15.3. The van der Waals surface area contributed by atoms with Crippen LogP contribution in [-0.2, 0) is 19.6 Å². The first-order valence-corrected chi connectivity index (χ1v) is 12.4. The molecule has 4 rings (SSSR count). The lowest BCUT2D eigenvalue weighted by Crippen LogP contribution is -2.40. The van der Waals surface area contributed by atoms with Crippen LogP contribution in [0.15, 0.2) is 39.8 Å². The Morgan fingerprint density at radius 2 is 1.97 bits per heavy atom. The first kappa shape index (κ1) is 22.6. The topological polar surface area (TPSA) is 103 Å². The van der Waals surface area contributed by atoms with Crippen LogP contribution in [0.3, 0.4) is 0 Å². The van der Waals surface area contributed by atoms with Gasteiger partial charge >= 0.3 is 5.97 Å². The van der Waals surface area contributed by atoms with Crippen LogP contribution in [0.5, 0.6) is 0 Å². The molecule has 1 aromatic carbocycles. The van der Waals surface area contributed by atoms with Gasteiger partial charge in [0.2, 0.25) is 15.8 Å². The summed E-state index contributed by atoms with van der Waals surface area (Å²) >= 11 is 1.25. The van der Waals surface area contributed by atoms with E-state index < -0.39 is 10.0 Å². The largest absolute Gasteiger partial charge is 0.466 e. The number of aromatic nitrogens is 2. The Morgan fingerprint density at radius 3 is 2.62 bits per heavy atom. The SMILES string of the molecule is CCOC(=O)C1CCN(S(=O)(=O)c2cc(-c3nc(-c4ccc(F)cc4)no3)sc2C)CC1. The van der Waals surface area contributed by atoms with Crippen molar-refractivity contribution in [1.82, 2.24) is 14.4 Å². The van der Waals surface area contributed by atoms with Crippen molar-refractivity contribution in [1.29, 1.82) is 0 Å². The molecule has 3 heterocycles. The van der Waals surface area contributed by atoms with Crippen molar-refractivity contribution in [3.8, 4) is 22.2 Å². The number of piperidine rings is 1. The molecule has 0 amide bonds. The van der Waals surface area contributed by atoms with E-state index in [2.05, 4.69) is 10.1 Å². The highest BCUT2D eigenvalue weighted by Crippen LogP contribution is 2.36. The van der Waals surface area contributed by atoms with Gasteiger partial charge in [-0.05, 0) is 57.0 Å². The molecule has 0 saturated carbocycles. The molecule has 1 aliphatic heterocycles. The molecule has 0 radical (unpaired) electrons. The van der Waals surface area contributed by atoms with Gasteiger partial charge in [-0.1, -0.05) is 5.16 Å². The monoisotopic (exact) mass is 479 g/mol. The predicted octanol–water partition coefficient (Wildman–Crippen LogP) is 3.88. The number of nitrogens with zero attached hydrogens (tertiary/aromatic N) is 3. The summed E-state index contributed by atoms with van der Waals surface area (Å²) < 4.78 is 51.4. The third kappa shape index (κ3) is 4.45. The molecule has 0 atom stereocenters. The fourth-order valence-electron chi connectivity index (χ4n) is 3.60. The Labute approximate surface area is 189 Å². The van der Waals surface area contributed by atoms with Crippen LogP contribution in [0, 0.1) is 18.7 Å². The third-order valence-corrected chi connectivity index (χ3v) is 8.50.